The molecule has 0 aromatic heterocycles. The number of amides is 2. The molecule has 2 aromatic rings. The zero-order chi connectivity index (χ0) is 22.5. The Bertz CT molecular complexity index is 966. The van der Waals surface area contributed by atoms with Crippen LogP contribution in [0.5, 0.6) is 0 Å². The number of carbonyl (C=O) groups excluding carboxylic acids is 3. The number of nitrogens with one attached hydrogen (secondary N) is 2. The first kappa shape index (κ1) is 23.1. The molecule has 0 aliphatic rings. The number of anilines is 1. The van der Waals surface area contributed by atoms with Crippen molar-refractivity contribution in [1.82, 2.24) is 5.32 Å². The van der Waals surface area contributed by atoms with Crippen LogP contribution in [-0.2, 0) is 20.5 Å². The summed E-state index contributed by atoms with van der Waals surface area (Å²) in [5.41, 5.74) is -1.35. The van der Waals surface area contributed by atoms with E-state index in [4.69, 9.17) is 16.3 Å². The zero-order valence-electron chi connectivity index (χ0n) is 15.3. The van der Waals surface area contributed by atoms with Gasteiger partial charge in [-0.15, -0.1) is 0 Å². The number of hydrogen-bond donors (Lipinski definition) is 2. The fraction of sp³-hybridized carbons (Fsp3) is 0.211. The molecule has 2 aromatic carbocycles. The van der Waals surface area contributed by atoms with Crippen molar-refractivity contribution in [3.05, 3.63) is 64.4 Å². The minimum atomic E-state index is -4.64. The van der Waals surface area contributed by atoms with Crippen molar-refractivity contribution in [2.45, 2.75) is 19.2 Å². The van der Waals surface area contributed by atoms with Crippen LogP contribution >= 0.6 is 11.6 Å². The maximum atomic E-state index is 13.1. The molecule has 0 saturated carbocycles. The second-order valence-corrected chi connectivity index (χ2v) is 6.41. The molecule has 6 nitrogen and oxygen atoms in total. The van der Waals surface area contributed by atoms with E-state index in [-0.39, 0.29) is 16.3 Å². The summed E-state index contributed by atoms with van der Waals surface area (Å²) in [5.74, 6) is -3.29. The summed E-state index contributed by atoms with van der Waals surface area (Å²) >= 11 is 5.79. The van der Waals surface area contributed by atoms with E-state index in [1.54, 1.807) is 0 Å². The predicted octanol–water partition coefficient (Wildman–Crippen LogP) is 3.80. The summed E-state index contributed by atoms with van der Waals surface area (Å²) in [4.78, 5) is 35.7. The van der Waals surface area contributed by atoms with Gasteiger partial charge in [0.2, 0.25) is 0 Å². The highest BCUT2D eigenvalue weighted by Gasteiger charge is 2.31. The molecule has 2 N–H and O–H groups in total. The van der Waals surface area contributed by atoms with Gasteiger partial charge in [0.05, 0.1) is 16.3 Å². The molecule has 0 bridgehead atoms. The number of halogens is 5. The van der Waals surface area contributed by atoms with E-state index in [2.05, 4.69) is 10.6 Å². The minimum Gasteiger partial charge on any atom is -0.451 e. The predicted molar refractivity (Wildman–Crippen MR) is 99.4 cm³/mol. The molecule has 0 saturated heterocycles. The van der Waals surface area contributed by atoms with Crippen molar-refractivity contribution in [3.63, 3.8) is 0 Å². The van der Waals surface area contributed by atoms with Crippen LogP contribution < -0.4 is 10.6 Å². The molecule has 11 heteroatoms. The van der Waals surface area contributed by atoms with Crippen LogP contribution in [0.3, 0.4) is 0 Å². The molecular formula is C19H15ClF4N2O4. The monoisotopic (exact) mass is 446 g/mol. The van der Waals surface area contributed by atoms with E-state index in [9.17, 15) is 31.9 Å². The molecule has 30 heavy (non-hydrogen) atoms. The van der Waals surface area contributed by atoms with Gasteiger partial charge in [-0.1, -0.05) is 17.7 Å². The molecule has 0 radical (unpaired) electrons. The Morgan fingerprint density at radius 1 is 1.13 bits per heavy atom. The largest absolute Gasteiger partial charge is 0.451 e. The highest BCUT2D eigenvalue weighted by Crippen LogP contribution is 2.33. The fourth-order valence-corrected chi connectivity index (χ4v) is 2.37. The summed E-state index contributed by atoms with van der Waals surface area (Å²) in [7, 11) is 0. The maximum Gasteiger partial charge on any atom is 0.416 e. The van der Waals surface area contributed by atoms with E-state index < -0.39 is 48.0 Å². The lowest BCUT2D eigenvalue weighted by molar-refractivity contribution is -0.152. The third kappa shape index (κ3) is 6.45. The average molecular weight is 447 g/mol. The van der Waals surface area contributed by atoms with Gasteiger partial charge in [-0.3, -0.25) is 14.4 Å². The number of hydrogen-bond acceptors (Lipinski definition) is 4. The Morgan fingerprint density at radius 3 is 2.47 bits per heavy atom. The number of ether oxygens (including phenoxy) is 1. The Morgan fingerprint density at radius 2 is 1.83 bits per heavy atom. The van der Waals surface area contributed by atoms with E-state index in [1.165, 1.54) is 19.1 Å². The van der Waals surface area contributed by atoms with E-state index in [1.807, 2.05) is 0 Å². The molecule has 0 aliphatic carbocycles. The molecule has 2 rings (SSSR count). The Balaban J connectivity index is 1.91. The van der Waals surface area contributed by atoms with Crippen molar-refractivity contribution in [2.75, 3.05) is 11.9 Å². The van der Waals surface area contributed by atoms with Gasteiger partial charge in [0.1, 0.15) is 12.4 Å². The number of benzene rings is 2. The molecule has 0 aliphatic heterocycles. The summed E-state index contributed by atoms with van der Waals surface area (Å²) in [5, 5.41) is 4.20. The minimum absolute atomic E-state index is 0.0206. The summed E-state index contributed by atoms with van der Waals surface area (Å²) in [6.07, 6.45) is -6.03. The number of esters is 1. The van der Waals surface area contributed by atoms with Crippen LogP contribution in [0.15, 0.2) is 42.5 Å². The van der Waals surface area contributed by atoms with Crippen LogP contribution in [0.25, 0.3) is 0 Å². The van der Waals surface area contributed by atoms with Crippen molar-refractivity contribution < 1.29 is 36.7 Å². The SMILES string of the molecule is C[C@H](OC(=O)CNC(=O)c1cccc(F)c1)C(=O)Nc1cc(C(F)(F)F)ccc1Cl. The summed E-state index contributed by atoms with van der Waals surface area (Å²) in [6, 6.07) is 7.12. The third-order valence-electron chi connectivity index (χ3n) is 3.71. The molecule has 2 amide bonds. The average Bonchev–Trinajstić information content (AvgIpc) is 2.66. The number of rotatable bonds is 6. The van der Waals surface area contributed by atoms with E-state index in [0.717, 1.165) is 24.3 Å². The molecule has 0 unspecified atom stereocenters. The summed E-state index contributed by atoms with van der Waals surface area (Å²) in [6.45, 7) is 0.570. The highest BCUT2D eigenvalue weighted by atomic mass is 35.5. The van der Waals surface area contributed by atoms with E-state index in [0.29, 0.717) is 6.07 Å². The lowest BCUT2D eigenvalue weighted by atomic mass is 10.2. The van der Waals surface area contributed by atoms with Crippen molar-refractivity contribution in [3.8, 4) is 0 Å². The first-order valence-electron chi connectivity index (χ1n) is 8.38. The molecular weight excluding hydrogens is 432 g/mol. The second-order valence-electron chi connectivity index (χ2n) is 6.01. The van der Waals surface area contributed by atoms with Gasteiger partial charge in [-0.2, -0.15) is 13.2 Å². The maximum absolute atomic E-state index is 13.1. The number of carbonyl (C=O) groups is 3. The van der Waals surface area contributed by atoms with E-state index >= 15 is 0 Å². The van der Waals surface area contributed by atoms with Crippen molar-refractivity contribution in [2.24, 2.45) is 0 Å². The third-order valence-corrected chi connectivity index (χ3v) is 4.04. The van der Waals surface area contributed by atoms with Crippen LogP contribution in [-0.4, -0.2) is 30.4 Å². The van der Waals surface area contributed by atoms with Crippen LogP contribution in [0.4, 0.5) is 23.2 Å². The lowest BCUT2D eigenvalue weighted by Crippen LogP contribution is -2.36. The quantitative estimate of drug-likeness (QED) is 0.522. The van der Waals surface area contributed by atoms with Gasteiger partial charge >= 0.3 is 12.1 Å². The number of alkyl halides is 3. The van der Waals surface area contributed by atoms with Gasteiger partial charge in [-0.25, -0.2) is 4.39 Å². The topological polar surface area (TPSA) is 84.5 Å². The molecule has 0 heterocycles. The summed E-state index contributed by atoms with van der Waals surface area (Å²) < 4.78 is 56.3. The highest BCUT2D eigenvalue weighted by molar-refractivity contribution is 6.33. The van der Waals surface area contributed by atoms with Crippen molar-refractivity contribution >= 4 is 35.1 Å². The Hall–Kier alpha value is -3.14. The van der Waals surface area contributed by atoms with Crippen LogP contribution in [0.2, 0.25) is 5.02 Å². The normalized spacial score (nSPS) is 12.1. The van der Waals surface area contributed by atoms with Gasteiger partial charge < -0.3 is 15.4 Å². The zero-order valence-corrected chi connectivity index (χ0v) is 16.1. The fourth-order valence-electron chi connectivity index (χ4n) is 2.21. The van der Waals surface area contributed by atoms with Crippen molar-refractivity contribution in [1.29, 1.82) is 0 Å². The Kier molecular flexibility index (Phi) is 7.38. The van der Waals surface area contributed by atoms with Crippen LogP contribution in [0, 0.1) is 5.82 Å². The van der Waals surface area contributed by atoms with Gasteiger partial charge in [0.15, 0.2) is 6.10 Å². The lowest BCUT2D eigenvalue weighted by Gasteiger charge is -2.16. The standard InChI is InChI=1S/C19H15ClF4N2O4/c1-10(17(28)26-15-8-12(19(22,23)24)5-6-14(15)20)30-16(27)9-25-18(29)11-3-2-4-13(21)7-11/h2-8,10H,9H2,1H3,(H,25,29)(H,26,28)/t10-/m0/s1. The van der Waals surface area contributed by atoms with Crippen LogP contribution in [0.1, 0.15) is 22.8 Å². The van der Waals surface area contributed by atoms with Gasteiger partial charge in [-0.05, 0) is 43.3 Å². The molecule has 160 valence electrons. The second kappa shape index (κ2) is 9.57. The molecule has 0 spiro atoms. The van der Waals surface area contributed by atoms with Gasteiger partial charge in [0.25, 0.3) is 11.8 Å². The first-order chi connectivity index (χ1) is 14.0. The van der Waals surface area contributed by atoms with Gasteiger partial charge in [0, 0.05) is 5.56 Å². The molecule has 1 atom stereocenters. The smallest absolute Gasteiger partial charge is 0.416 e. The molecule has 0 fully saturated rings. The Labute approximate surface area is 173 Å². The first-order valence-corrected chi connectivity index (χ1v) is 8.76.